The van der Waals surface area contributed by atoms with Crippen LogP contribution in [0.2, 0.25) is 0 Å². The molecule has 1 atom stereocenters. The Morgan fingerprint density at radius 3 is 2.88 bits per heavy atom. The molecule has 1 heterocycles. The largest absolute Gasteiger partial charge is 0.323 e. The lowest BCUT2D eigenvalue weighted by Crippen LogP contribution is -2.24. The minimum absolute atomic E-state index is 0.143. The highest BCUT2D eigenvalue weighted by molar-refractivity contribution is 8.02. The van der Waals surface area contributed by atoms with Crippen molar-refractivity contribution in [2.75, 3.05) is 5.32 Å². The molecule has 0 spiro atoms. The smallest absolute Gasteiger partial charge is 0.253 e. The molecular weight excluding hydrogens is 242 g/mol. The average molecular weight is 250 g/mol. The summed E-state index contributed by atoms with van der Waals surface area (Å²) in [6.45, 7) is 0. The van der Waals surface area contributed by atoms with E-state index < -0.39 is 4.71 Å². The van der Waals surface area contributed by atoms with Crippen molar-refractivity contribution in [1.82, 2.24) is 0 Å². The number of thioether (sulfide) groups is 1. The minimum atomic E-state index is -0.534. The highest BCUT2D eigenvalue weighted by atomic mass is 35.5. The van der Waals surface area contributed by atoms with Crippen molar-refractivity contribution in [3.8, 4) is 0 Å². The number of benzene rings is 2. The maximum absolute atomic E-state index is 11.5. The van der Waals surface area contributed by atoms with Crippen molar-refractivity contribution in [2.24, 2.45) is 0 Å². The van der Waals surface area contributed by atoms with Crippen molar-refractivity contribution in [3.05, 3.63) is 36.4 Å². The zero-order valence-electron chi connectivity index (χ0n) is 8.24. The minimum Gasteiger partial charge on any atom is -0.323 e. The zero-order valence-corrected chi connectivity index (χ0v) is 9.81. The molecule has 80 valence electrons. The van der Waals surface area contributed by atoms with Gasteiger partial charge in [0.05, 0.1) is 5.69 Å². The lowest BCUT2D eigenvalue weighted by Gasteiger charge is -2.21. The van der Waals surface area contributed by atoms with E-state index in [9.17, 15) is 4.79 Å². The summed E-state index contributed by atoms with van der Waals surface area (Å²) in [6.07, 6.45) is 0. The van der Waals surface area contributed by atoms with Crippen molar-refractivity contribution >= 4 is 45.7 Å². The quantitative estimate of drug-likeness (QED) is 0.725. The van der Waals surface area contributed by atoms with E-state index in [-0.39, 0.29) is 5.91 Å². The Balaban J connectivity index is 2.27. The van der Waals surface area contributed by atoms with Gasteiger partial charge in [-0.05, 0) is 11.5 Å². The van der Waals surface area contributed by atoms with Gasteiger partial charge in [-0.3, -0.25) is 4.79 Å². The normalized spacial score (nSPS) is 19.3. The van der Waals surface area contributed by atoms with Gasteiger partial charge >= 0.3 is 0 Å². The first-order valence-corrected chi connectivity index (χ1v) is 6.20. The Bertz CT molecular complexity index is 584. The standard InChI is InChI=1S/C12H8ClNOS/c13-11-12(15)14-10-8-4-2-1-3-7(8)5-6-9(10)16-11/h1-6,11H,(H,14,15). The van der Waals surface area contributed by atoms with Gasteiger partial charge in [0.25, 0.3) is 5.91 Å². The number of carbonyl (C=O) groups is 1. The second-order valence-corrected chi connectivity index (χ2v) is 5.43. The lowest BCUT2D eigenvalue weighted by molar-refractivity contribution is -0.114. The number of rotatable bonds is 0. The number of fused-ring (bicyclic) bond motifs is 3. The molecule has 2 aromatic rings. The Kier molecular flexibility index (Phi) is 2.30. The predicted octanol–water partition coefficient (Wildman–Crippen LogP) is 3.45. The van der Waals surface area contributed by atoms with Crippen LogP contribution < -0.4 is 5.32 Å². The second kappa shape index (κ2) is 3.68. The number of anilines is 1. The molecule has 0 saturated carbocycles. The molecule has 4 heteroatoms. The SMILES string of the molecule is O=C1Nc2c(ccc3ccccc23)SC1Cl. The molecule has 0 radical (unpaired) electrons. The van der Waals surface area contributed by atoms with Gasteiger partial charge in [-0.1, -0.05) is 53.7 Å². The predicted molar refractivity (Wildman–Crippen MR) is 68.1 cm³/mol. The van der Waals surface area contributed by atoms with Crippen LogP contribution in [0.5, 0.6) is 0 Å². The van der Waals surface area contributed by atoms with E-state index in [1.165, 1.54) is 11.8 Å². The third-order valence-electron chi connectivity index (χ3n) is 2.58. The molecule has 0 aliphatic carbocycles. The summed E-state index contributed by atoms with van der Waals surface area (Å²) in [7, 11) is 0. The fourth-order valence-electron chi connectivity index (χ4n) is 1.82. The monoisotopic (exact) mass is 249 g/mol. The molecule has 1 amide bonds. The highest BCUT2D eigenvalue weighted by Gasteiger charge is 2.25. The maximum Gasteiger partial charge on any atom is 0.253 e. The van der Waals surface area contributed by atoms with Gasteiger partial charge in [0.2, 0.25) is 0 Å². The van der Waals surface area contributed by atoms with Crippen LogP contribution in [-0.4, -0.2) is 10.6 Å². The first kappa shape index (κ1) is 10.00. The molecule has 1 aliphatic heterocycles. The Morgan fingerprint density at radius 1 is 1.19 bits per heavy atom. The summed E-state index contributed by atoms with van der Waals surface area (Å²) in [5, 5.41) is 5.04. The van der Waals surface area contributed by atoms with E-state index in [0.717, 1.165) is 21.4 Å². The summed E-state index contributed by atoms with van der Waals surface area (Å²) < 4.78 is -0.534. The van der Waals surface area contributed by atoms with Gasteiger partial charge < -0.3 is 5.32 Å². The molecular formula is C12H8ClNOS. The van der Waals surface area contributed by atoms with E-state index in [4.69, 9.17) is 11.6 Å². The Morgan fingerprint density at radius 2 is 2.00 bits per heavy atom. The first-order valence-electron chi connectivity index (χ1n) is 4.89. The average Bonchev–Trinajstić information content (AvgIpc) is 2.31. The van der Waals surface area contributed by atoms with Gasteiger partial charge in [0.15, 0.2) is 4.71 Å². The summed E-state index contributed by atoms with van der Waals surface area (Å²) in [5.41, 5.74) is 0.880. The van der Waals surface area contributed by atoms with Crippen LogP contribution in [0.3, 0.4) is 0 Å². The summed E-state index contributed by atoms with van der Waals surface area (Å²) in [6, 6.07) is 12.0. The summed E-state index contributed by atoms with van der Waals surface area (Å²) in [4.78, 5) is 12.6. The number of amides is 1. The van der Waals surface area contributed by atoms with Crippen LogP contribution in [0.1, 0.15) is 0 Å². The van der Waals surface area contributed by atoms with E-state index in [0.29, 0.717) is 0 Å². The lowest BCUT2D eigenvalue weighted by atomic mass is 10.1. The Hall–Kier alpha value is -1.19. The number of hydrogen-bond donors (Lipinski definition) is 1. The van der Waals surface area contributed by atoms with Gasteiger partial charge in [-0.25, -0.2) is 0 Å². The highest BCUT2D eigenvalue weighted by Crippen LogP contribution is 2.41. The number of carbonyl (C=O) groups excluding carboxylic acids is 1. The molecule has 2 aromatic carbocycles. The first-order chi connectivity index (χ1) is 7.75. The third-order valence-corrected chi connectivity index (χ3v) is 4.06. The van der Waals surface area contributed by atoms with Crippen LogP contribution in [-0.2, 0) is 4.79 Å². The van der Waals surface area contributed by atoms with E-state index in [1.54, 1.807) is 0 Å². The molecule has 1 N–H and O–H groups in total. The van der Waals surface area contributed by atoms with Crippen LogP contribution in [0.25, 0.3) is 10.8 Å². The fourth-order valence-corrected chi connectivity index (χ4v) is 2.98. The van der Waals surface area contributed by atoms with Crippen molar-refractivity contribution in [3.63, 3.8) is 0 Å². The van der Waals surface area contributed by atoms with Crippen LogP contribution in [0.4, 0.5) is 5.69 Å². The van der Waals surface area contributed by atoms with Crippen LogP contribution in [0.15, 0.2) is 41.3 Å². The number of nitrogens with one attached hydrogen (secondary N) is 1. The maximum atomic E-state index is 11.5. The van der Waals surface area contributed by atoms with Crippen molar-refractivity contribution in [1.29, 1.82) is 0 Å². The van der Waals surface area contributed by atoms with Crippen LogP contribution >= 0.6 is 23.4 Å². The molecule has 16 heavy (non-hydrogen) atoms. The van der Waals surface area contributed by atoms with Gasteiger partial charge in [0, 0.05) is 10.3 Å². The Labute approximate surface area is 102 Å². The topological polar surface area (TPSA) is 29.1 Å². The second-order valence-electron chi connectivity index (χ2n) is 3.58. The van der Waals surface area contributed by atoms with Gasteiger partial charge in [-0.2, -0.15) is 0 Å². The molecule has 0 bridgehead atoms. The van der Waals surface area contributed by atoms with E-state index >= 15 is 0 Å². The van der Waals surface area contributed by atoms with Crippen molar-refractivity contribution < 1.29 is 4.79 Å². The number of hydrogen-bond acceptors (Lipinski definition) is 2. The summed E-state index contributed by atoms with van der Waals surface area (Å²) in [5.74, 6) is -0.143. The number of alkyl halides is 1. The number of halogens is 1. The molecule has 1 unspecified atom stereocenters. The molecule has 0 fully saturated rings. The third kappa shape index (κ3) is 1.47. The molecule has 0 aromatic heterocycles. The molecule has 0 saturated heterocycles. The van der Waals surface area contributed by atoms with E-state index in [1.807, 2.05) is 36.4 Å². The fraction of sp³-hybridized carbons (Fsp3) is 0.0833. The van der Waals surface area contributed by atoms with Gasteiger partial charge in [-0.15, -0.1) is 0 Å². The van der Waals surface area contributed by atoms with Crippen LogP contribution in [0, 0.1) is 0 Å². The van der Waals surface area contributed by atoms with E-state index in [2.05, 4.69) is 5.32 Å². The molecule has 1 aliphatic rings. The van der Waals surface area contributed by atoms with Crippen molar-refractivity contribution in [2.45, 2.75) is 9.60 Å². The molecule has 2 nitrogen and oxygen atoms in total. The molecule has 3 rings (SSSR count). The summed E-state index contributed by atoms with van der Waals surface area (Å²) >= 11 is 7.29. The zero-order chi connectivity index (χ0) is 11.1. The van der Waals surface area contributed by atoms with Gasteiger partial charge in [0.1, 0.15) is 0 Å².